The van der Waals surface area contributed by atoms with Gasteiger partial charge in [-0.3, -0.25) is 9.78 Å². The first-order chi connectivity index (χ1) is 15.8. The number of aromatic nitrogens is 1. The first-order valence-electron chi connectivity index (χ1n) is 10.5. The number of rotatable bonds is 7. The van der Waals surface area contributed by atoms with E-state index in [4.69, 9.17) is 4.74 Å². The third-order valence-corrected chi connectivity index (χ3v) is 5.26. The molecule has 0 saturated carbocycles. The van der Waals surface area contributed by atoms with E-state index in [2.05, 4.69) is 20.9 Å². The highest BCUT2D eigenvalue weighted by Crippen LogP contribution is 2.29. The number of amides is 3. The molecule has 4 N–H and O–H groups in total. The van der Waals surface area contributed by atoms with Gasteiger partial charge in [0, 0.05) is 24.6 Å². The average molecular weight is 466 g/mol. The van der Waals surface area contributed by atoms with E-state index >= 15 is 0 Å². The standard InChI is InChI=1S/C22H25F3N4O4/c23-22(24,25)15-3-5-16(6-4-15)28-21(32)27-11-9-17-7-8-18(19(13-30)33-17)29-20(31)14-2-1-10-26-12-14/h1-6,10,12,17-19,30H,7-9,11,13H2,(H,29,31)(H2,27,28,32)/t17-,18-,19-/m0/s1. The van der Waals surface area contributed by atoms with Crippen molar-refractivity contribution in [3.8, 4) is 0 Å². The van der Waals surface area contributed by atoms with Gasteiger partial charge in [0.25, 0.3) is 5.91 Å². The summed E-state index contributed by atoms with van der Waals surface area (Å²) in [6.45, 7) is -0.00167. The second-order valence-electron chi connectivity index (χ2n) is 7.62. The van der Waals surface area contributed by atoms with Crippen molar-refractivity contribution < 1.29 is 32.6 Å². The van der Waals surface area contributed by atoms with Crippen LogP contribution < -0.4 is 16.0 Å². The van der Waals surface area contributed by atoms with E-state index in [-0.39, 0.29) is 36.9 Å². The minimum Gasteiger partial charge on any atom is -0.394 e. The highest BCUT2D eigenvalue weighted by Gasteiger charge is 2.32. The molecule has 1 aliphatic heterocycles. The van der Waals surface area contributed by atoms with Crippen LogP contribution in [-0.2, 0) is 10.9 Å². The molecule has 1 aromatic carbocycles. The SMILES string of the molecule is O=C(NCC[C@@H]1CC[C@H](NC(=O)c2cccnc2)[C@H](CO)O1)Nc1ccc(C(F)(F)F)cc1. The van der Waals surface area contributed by atoms with Gasteiger partial charge in [0.15, 0.2) is 0 Å². The molecule has 0 unspecified atom stereocenters. The number of urea groups is 1. The molecule has 0 bridgehead atoms. The molecule has 1 aliphatic rings. The van der Waals surface area contributed by atoms with Crippen LogP contribution in [-0.4, -0.2) is 53.4 Å². The first kappa shape index (κ1) is 24.5. The number of ether oxygens (including phenoxy) is 1. The van der Waals surface area contributed by atoms with Crippen molar-refractivity contribution in [2.75, 3.05) is 18.5 Å². The zero-order valence-corrected chi connectivity index (χ0v) is 17.6. The Morgan fingerprint density at radius 1 is 1.15 bits per heavy atom. The number of carbonyl (C=O) groups excluding carboxylic acids is 2. The highest BCUT2D eigenvalue weighted by atomic mass is 19.4. The van der Waals surface area contributed by atoms with Crippen LogP contribution in [0.1, 0.15) is 35.2 Å². The topological polar surface area (TPSA) is 113 Å². The number of halogens is 3. The van der Waals surface area contributed by atoms with Crippen molar-refractivity contribution in [3.05, 3.63) is 59.9 Å². The normalized spacial score (nSPS) is 20.7. The van der Waals surface area contributed by atoms with Crippen molar-refractivity contribution in [1.29, 1.82) is 0 Å². The molecule has 2 aromatic rings. The van der Waals surface area contributed by atoms with Crippen molar-refractivity contribution in [1.82, 2.24) is 15.6 Å². The second kappa shape index (κ2) is 11.1. The largest absolute Gasteiger partial charge is 0.416 e. The molecule has 1 fully saturated rings. The Balaban J connectivity index is 1.40. The van der Waals surface area contributed by atoms with Gasteiger partial charge >= 0.3 is 12.2 Å². The van der Waals surface area contributed by atoms with Crippen LogP contribution in [0.5, 0.6) is 0 Å². The molecule has 2 heterocycles. The molecule has 8 nitrogen and oxygen atoms in total. The number of hydrogen-bond donors (Lipinski definition) is 4. The summed E-state index contributed by atoms with van der Waals surface area (Å²) in [7, 11) is 0. The maximum atomic E-state index is 12.6. The molecule has 3 amide bonds. The fraction of sp³-hybridized carbons (Fsp3) is 0.409. The summed E-state index contributed by atoms with van der Waals surface area (Å²) in [4.78, 5) is 28.2. The van der Waals surface area contributed by atoms with Gasteiger partial charge in [0.2, 0.25) is 0 Å². The molecule has 3 atom stereocenters. The zero-order chi connectivity index (χ0) is 23.8. The number of aliphatic hydroxyl groups is 1. The molecule has 178 valence electrons. The number of nitrogens with zero attached hydrogens (tertiary/aromatic N) is 1. The van der Waals surface area contributed by atoms with Crippen molar-refractivity contribution >= 4 is 17.6 Å². The minimum atomic E-state index is -4.44. The van der Waals surface area contributed by atoms with Crippen molar-refractivity contribution in [2.24, 2.45) is 0 Å². The summed E-state index contributed by atoms with van der Waals surface area (Å²) < 4.78 is 43.6. The van der Waals surface area contributed by atoms with Crippen LogP contribution in [0, 0.1) is 0 Å². The summed E-state index contributed by atoms with van der Waals surface area (Å²) in [6, 6.07) is 6.54. The van der Waals surface area contributed by atoms with Gasteiger partial charge in [-0.2, -0.15) is 13.2 Å². The summed E-state index contributed by atoms with van der Waals surface area (Å²) in [6.07, 6.45) is -0.522. The summed E-state index contributed by atoms with van der Waals surface area (Å²) in [5.74, 6) is -0.296. The Kier molecular flexibility index (Phi) is 8.23. The molecule has 1 aromatic heterocycles. The number of aliphatic hydroxyl groups excluding tert-OH is 1. The van der Waals surface area contributed by atoms with Crippen LogP contribution in [0.4, 0.5) is 23.7 Å². The second-order valence-corrected chi connectivity index (χ2v) is 7.62. The third kappa shape index (κ3) is 7.16. The van der Waals surface area contributed by atoms with E-state index in [1.165, 1.54) is 18.3 Å². The number of hydrogen-bond acceptors (Lipinski definition) is 5. The van der Waals surface area contributed by atoms with Gasteiger partial charge in [-0.05, 0) is 55.7 Å². The fourth-order valence-corrected chi connectivity index (χ4v) is 3.52. The van der Waals surface area contributed by atoms with Crippen molar-refractivity contribution in [3.63, 3.8) is 0 Å². The lowest BCUT2D eigenvalue weighted by Gasteiger charge is -2.36. The van der Waals surface area contributed by atoms with Crippen LogP contribution in [0.2, 0.25) is 0 Å². The van der Waals surface area contributed by atoms with E-state index in [0.29, 0.717) is 24.8 Å². The van der Waals surface area contributed by atoms with E-state index in [1.54, 1.807) is 18.3 Å². The molecule has 3 rings (SSSR count). The molecule has 0 spiro atoms. The van der Waals surface area contributed by atoms with Gasteiger partial charge < -0.3 is 25.8 Å². The van der Waals surface area contributed by atoms with E-state index in [1.807, 2.05) is 0 Å². The Morgan fingerprint density at radius 2 is 1.91 bits per heavy atom. The molecule has 33 heavy (non-hydrogen) atoms. The predicted octanol–water partition coefficient (Wildman–Crippen LogP) is 2.95. The van der Waals surface area contributed by atoms with Crippen LogP contribution in [0.15, 0.2) is 48.8 Å². The van der Waals surface area contributed by atoms with Gasteiger partial charge in [0.1, 0.15) is 6.10 Å². The first-order valence-corrected chi connectivity index (χ1v) is 10.5. The van der Waals surface area contributed by atoms with Gasteiger partial charge in [-0.15, -0.1) is 0 Å². The third-order valence-electron chi connectivity index (χ3n) is 5.26. The monoisotopic (exact) mass is 466 g/mol. The van der Waals surface area contributed by atoms with E-state index < -0.39 is 23.9 Å². The smallest absolute Gasteiger partial charge is 0.394 e. The fourth-order valence-electron chi connectivity index (χ4n) is 3.52. The average Bonchev–Trinajstić information content (AvgIpc) is 2.80. The molecule has 0 aliphatic carbocycles. The maximum Gasteiger partial charge on any atom is 0.416 e. The number of carbonyl (C=O) groups is 2. The number of pyridine rings is 1. The Labute approximate surface area is 188 Å². The van der Waals surface area contributed by atoms with Crippen molar-refractivity contribution in [2.45, 2.75) is 43.7 Å². The minimum absolute atomic E-state index is 0.222. The number of anilines is 1. The number of alkyl halides is 3. The molecular weight excluding hydrogens is 441 g/mol. The van der Waals surface area contributed by atoms with E-state index in [0.717, 1.165) is 12.1 Å². The molecule has 11 heteroatoms. The van der Waals surface area contributed by atoms with Gasteiger partial charge in [0.05, 0.1) is 29.9 Å². The number of benzene rings is 1. The molecule has 0 radical (unpaired) electrons. The maximum absolute atomic E-state index is 12.6. The van der Waals surface area contributed by atoms with E-state index in [9.17, 15) is 27.9 Å². The lowest BCUT2D eigenvalue weighted by Crippen LogP contribution is -2.51. The highest BCUT2D eigenvalue weighted by molar-refractivity contribution is 5.94. The molecular formula is C22H25F3N4O4. The lowest BCUT2D eigenvalue weighted by atomic mass is 9.97. The lowest BCUT2D eigenvalue weighted by molar-refractivity contribution is -0.137. The Hall–Kier alpha value is -3.18. The quantitative estimate of drug-likeness (QED) is 0.501. The van der Waals surface area contributed by atoms with Gasteiger partial charge in [-0.25, -0.2) is 4.79 Å². The Morgan fingerprint density at radius 3 is 2.55 bits per heavy atom. The predicted molar refractivity (Wildman–Crippen MR) is 114 cm³/mol. The summed E-state index contributed by atoms with van der Waals surface area (Å²) in [5, 5.41) is 17.6. The van der Waals surface area contributed by atoms with Crippen LogP contribution >= 0.6 is 0 Å². The summed E-state index contributed by atoms with van der Waals surface area (Å²) >= 11 is 0. The molecule has 1 saturated heterocycles. The van der Waals surface area contributed by atoms with Crippen LogP contribution in [0.25, 0.3) is 0 Å². The summed E-state index contributed by atoms with van der Waals surface area (Å²) in [5.41, 5.74) is -0.141. The number of nitrogens with one attached hydrogen (secondary N) is 3. The van der Waals surface area contributed by atoms with Crippen LogP contribution in [0.3, 0.4) is 0 Å². The Bertz CT molecular complexity index is 925. The van der Waals surface area contributed by atoms with Gasteiger partial charge in [-0.1, -0.05) is 0 Å². The zero-order valence-electron chi connectivity index (χ0n) is 17.6.